The lowest BCUT2D eigenvalue weighted by molar-refractivity contribution is -0.324. The van der Waals surface area contributed by atoms with Crippen LogP contribution in [0.1, 0.15) is 121 Å². The lowest BCUT2D eigenvalue weighted by Crippen LogP contribution is -2.58. The quantitative estimate of drug-likeness (QED) is 0.154. The first kappa shape index (κ1) is 43.1. The summed E-state index contributed by atoms with van der Waals surface area (Å²) in [6.07, 6.45) is -7.45. The molecular formula is C42H53NO16. The number of benzene rings is 2. The van der Waals surface area contributed by atoms with E-state index >= 15 is 0 Å². The zero-order chi connectivity index (χ0) is 42.8. The van der Waals surface area contributed by atoms with Gasteiger partial charge in [0.25, 0.3) is 0 Å². The summed E-state index contributed by atoms with van der Waals surface area (Å²) in [4.78, 5) is 55.1. The van der Waals surface area contributed by atoms with Gasteiger partial charge in [-0.1, -0.05) is 19.1 Å². The standard InChI is InChI=1S/C42H53NO16/c1-8-42(52)16-25(30-31(34(42)41(51)53-7)38(50)32-33(37(30)49)36(48)29-20(35(32)47)10-9-11-23(29)45)57-27-14-21(43(5)6)39(18(3)55-27)59-28-15-24(46)40(19(4)56-28)58-26-13-12-22(44)17(2)54-26/h9-11,17-19,21,24-28,34,39-40,45-46,49-50,52H,8,12-16H2,1-7H3/t17-,18-,19-,21-,24-,25-,26+,27+,28-,34-,39+,40-,42+/m0/s1. The van der Waals surface area contributed by atoms with Crippen LogP contribution in [-0.4, -0.2) is 142 Å². The van der Waals surface area contributed by atoms with Crippen molar-refractivity contribution in [1.82, 2.24) is 4.90 Å². The van der Waals surface area contributed by atoms with Crippen LogP contribution in [0.3, 0.4) is 0 Å². The number of carbonyl (C=O) groups is 4. The van der Waals surface area contributed by atoms with E-state index in [9.17, 15) is 44.7 Å². The average Bonchev–Trinajstić information content (AvgIpc) is 3.18. The molecule has 3 aliphatic heterocycles. The summed E-state index contributed by atoms with van der Waals surface area (Å²) in [5.41, 5.74) is -4.19. The van der Waals surface area contributed by atoms with Crippen LogP contribution in [0.25, 0.3) is 0 Å². The predicted octanol–water partition coefficient (Wildman–Crippen LogP) is 2.86. The van der Waals surface area contributed by atoms with E-state index in [2.05, 4.69) is 0 Å². The van der Waals surface area contributed by atoms with E-state index in [0.29, 0.717) is 12.8 Å². The molecule has 17 heteroatoms. The van der Waals surface area contributed by atoms with E-state index in [4.69, 9.17) is 33.2 Å². The summed E-state index contributed by atoms with van der Waals surface area (Å²) in [5.74, 6) is -6.43. The first-order valence-corrected chi connectivity index (χ1v) is 20.0. The fraction of sp³-hybridized carbons (Fsp3) is 0.619. The van der Waals surface area contributed by atoms with E-state index in [1.54, 1.807) is 27.7 Å². The Morgan fingerprint density at radius 3 is 2.10 bits per heavy atom. The second-order valence-corrected chi connectivity index (χ2v) is 16.4. The first-order valence-electron chi connectivity index (χ1n) is 20.0. The van der Waals surface area contributed by atoms with Crippen molar-refractivity contribution in [3.05, 3.63) is 51.6 Å². The number of carbonyl (C=O) groups excluding carboxylic acids is 4. The molecule has 7 rings (SSSR count). The Morgan fingerprint density at radius 1 is 0.847 bits per heavy atom. The van der Waals surface area contributed by atoms with E-state index < -0.39 is 119 Å². The molecule has 3 saturated heterocycles. The number of ketones is 3. The normalized spacial score (nSPS) is 35.9. The number of hydrogen-bond acceptors (Lipinski definition) is 17. The zero-order valence-electron chi connectivity index (χ0n) is 34.1. The van der Waals surface area contributed by atoms with Gasteiger partial charge in [0.05, 0.1) is 53.8 Å². The lowest BCUT2D eigenvalue weighted by Gasteiger charge is -2.48. The van der Waals surface area contributed by atoms with Gasteiger partial charge in [0.1, 0.15) is 41.5 Å². The molecule has 0 radical (unpaired) electrons. The van der Waals surface area contributed by atoms with E-state index in [1.807, 2.05) is 19.0 Å². The van der Waals surface area contributed by atoms with Crippen LogP contribution in [0.4, 0.5) is 0 Å². The fourth-order valence-electron chi connectivity index (χ4n) is 9.36. The number of nitrogens with zero attached hydrogens (tertiary/aromatic N) is 1. The van der Waals surface area contributed by atoms with Crippen molar-refractivity contribution in [2.45, 2.75) is 145 Å². The number of likely N-dealkylation sites (N-methyl/N-ethyl adjacent to an activating group) is 1. The van der Waals surface area contributed by atoms with Gasteiger partial charge in [-0.15, -0.1) is 0 Å². The highest BCUT2D eigenvalue weighted by molar-refractivity contribution is 6.31. The van der Waals surface area contributed by atoms with Crippen LogP contribution in [0.2, 0.25) is 0 Å². The van der Waals surface area contributed by atoms with Gasteiger partial charge in [-0.3, -0.25) is 19.2 Å². The second-order valence-electron chi connectivity index (χ2n) is 16.4. The van der Waals surface area contributed by atoms with Gasteiger partial charge >= 0.3 is 5.97 Å². The van der Waals surface area contributed by atoms with Crippen LogP contribution in [0.5, 0.6) is 17.2 Å². The Balaban J connectivity index is 1.16. The Bertz CT molecular complexity index is 1990. The maximum Gasteiger partial charge on any atom is 0.316 e. The Hall–Kier alpha value is -4.04. The Kier molecular flexibility index (Phi) is 12.0. The summed E-state index contributed by atoms with van der Waals surface area (Å²) < 4.78 is 42.4. The number of fused-ring (bicyclic) bond motifs is 3. The maximum atomic E-state index is 14.0. The smallest absolute Gasteiger partial charge is 0.316 e. The molecule has 13 atom stereocenters. The summed E-state index contributed by atoms with van der Waals surface area (Å²) in [5, 5.41) is 57.8. The third-order valence-electron chi connectivity index (χ3n) is 12.5. The number of hydrogen-bond donors (Lipinski definition) is 5. The zero-order valence-corrected chi connectivity index (χ0v) is 34.1. The molecule has 0 aromatic heterocycles. The molecule has 3 heterocycles. The van der Waals surface area contributed by atoms with Gasteiger partial charge in [0.2, 0.25) is 5.78 Å². The third-order valence-corrected chi connectivity index (χ3v) is 12.5. The van der Waals surface area contributed by atoms with E-state index in [1.165, 1.54) is 18.2 Å². The number of esters is 1. The third kappa shape index (κ3) is 7.54. The highest BCUT2D eigenvalue weighted by Crippen LogP contribution is 2.57. The van der Waals surface area contributed by atoms with Crippen molar-refractivity contribution in [3.63, 3.8) is 0 Å². The van der Waals surface area contributed by atoms with Crippen LogP contribution in [0.15, 0.2) is 18.2 Å². The van der Waals surface area contributed by atoms with Crippen molar-refractivity contribution in [1.29, 1.82) is 0 Å². The van der Waals surface area contributed by atoms with Gasteiger partial charge < -0.3 is 63.6 Å². The number of Topliss-reactive ketones (excluding diaryl/α,β-unsaturated/α-hetero) is 1. The van der Waals surface area contributed by atoms with Crippen LogP contribution in [-0.2, 0) is 42.7 Å². The molecule has 2 aromatic rings. The molecule has 5 aliphatic rings. The first-order chi connectivity index (χ1) is 27.9. The minimum absolute atomic E-state index is 0.00418. The number of phenols is 3. The van der Waals surface area contributed by atoms with Gasteiger partial charge in [0, 0.05) is 54.8 Å². The Labute approximate surface area is 341 Å². The van der Waals surface area contributed by atoms with Crippen molar-refractivity contribution < 1.29 is 77.9 Å². The number of ether oxygens (including phenoxy) is 7. The van der Waals surface area contributed by atoms with Crippen molar-refractivity contribution >= 4 is 23.3 Å². The van der Waals surface area contributed by atoms with Crippen LogP contribution in [0, 0.1) is 0 Å². The minimum Gasteiger partial charge on any atom is -0.507 e. The number of phenolic OH excluding ortho intramolecular Hbond substituents is 3. The predicted molar refractivity (Wildman–Crippen MR) is 203 cm³/mol. The summed E-state index contributed by atoms with van der Waals surface area (Å²) in [7, 11) is 4.78. The van der Waals surface area contributed by atoms with Crippen molar-refractivity contribution in [2.75, 3.05) is 21.2 Å². The monoisotopic (exact) mass is 827 g/mol. The number of aliphatic hydroxyl groups is 2. The van der Waals surface area contributed by atoms with Gasteiger partial charge in [-0.25, -0.2) is 0 Å². The molecule has 0 amide bonds. The van der Waals surface area contributed by atoms with Gasteiger partial charge in [0.15, 0.2) is 30.4 Å². The SMILES string of the molecule is CC[C@@]1(O)C[C@H](O[C@@H]2C[C@H](N(C)C)[C@H](O[C@H]3C[C@H](O)[C@@H](O[C@@H]4CCC(=O)[C@H](C)O4)[C@H](C)O3)[C@H](C)O2)c2c(O)c3c(c(O)c2[C@H]1C(=O)OC)C(=O)c1cccc(O)c1C3=O. The number of aliphatic hydroxyl groups excluding tert-OH is 1. The largest absolute Gasteiger partial charge is 0.507 e. The summed E-state index contributed by atoms with van der Waals surface area (Å²) in [6, 6.07) is 3.49. The summed E-state index contributed by atoms with van der Waals surface area (Å²) in [6.45, 7) is 6.82. The molecular weight excluding hydrogens is 774 g/mol. The highest BCUT2D eigenvalue weighted by atomic mass is 16.7. The van der Waals surface area contributed by atoms with E-state index in [-0.39, 0.29) is 59.8 Å². The van der Waals surface area contributed by atoms with E-state index in [0.717, 1.165) is 7.11 Å². The average molecular weight is 828 g/mol. The van der Waals surface area contributed by atoms with Crippen LogP contribution >= 0.6 is 0 Å². The molecule has 17 nitrogen and oxygen atoms in total. The van der Waals surface area contributed by atoms with Crippen LogP contribution < -0.4 is 0 Å². The molecule has 0 unspecified atom stereocenters. The fourth-order valence-corrected chi connectivity index (χ4v) is 9.36. The second kappa shape index (κ2) is 16.4. The minimum atomic E-state index is -1.93. The number of methoxy groups -OCH3 is 1. The molecule has 0 saturated carbocycles. The summed E-state index contributed by atoms with van der Waals surface area (Å²) >= 11 is 0. The topological polar surface area (TPSA) is 237 Å². The molecule has 0 spiro atoms. The van der Waals surface area contributed by atoms with Crippen molar-refractivity contribution in [2.24, 2.45) is 0 Å². The lowest BCUT2D eigenvalue weighted by atomic mass is 9.66. The molecule has 59 heavy (non-hydrogen) atoms. The Morgan fingerprint density at radius 2 is 1.47 bits per heavy atom. The van der Waals surface area contributed by atoms with Crippen molar-refractivity contribution in [3.8, 4) is 17.2 Å². The highest BCUT2D eigenvalue weighted by Gasteiger charge is 2.55. The van der Waals surface area contributed by atoms with Gasteiger partial charge in [-0.2, -0.15) is 0 Å². The molecule has 2 aromatic carbocycles. The number of rotatable bonds is 9. The number of aromatic hydroxyl groups is 3. The molecule has 322 valence electrons. The molecule has 2 aliphatic carbocycles. The molecule has 3 fully saturated rings. The molecule has 0 bridgehead atoms. The van der Waals surface area contributed by atoms with Gasteiger partial charge in [-0.05, 0) is 47.4 Å². The maximum absolute atomic E-state index is 14.0. The molecule has 5 N–H and O–H groups in total.